The highest BCUT2D eigenvalue weighted by atomic mass is 16.5. The highest BCUT2D eigenvalue weighted by molar-refractivity contribution is 5.60. The van der Waals surface area contributed by atoms with Crippen LogP contribution in [0.25, 0.3) is 6.08 Å². The van der Waals surface area contributed by atoms with E-state index in [0.29, 0.717) is 0 Å². The molecule has 0 aliphatic carbocycles. The van der Waals surface area contributed by atoms with Gasteiger partial charge in [-0.05, 0) is 24.6 Å². The maximum absolute atomic E-state index is 5.22. The van der Waals surface area contributed by atoms with Crippen LogP contribution >= 0.6 is 0 Å². The number of methoxy groups -OCH3 is 2. The first kappa shape index (κ1) is 9.65. The fourth-order valence-electron chi connectivity index (χ4n) is 1.18. The third kappa shape index (κ3) is 2.25. The van der Waals surface area contributed by atoms with Crippen LogP contribution in [0.4, 0.5) is 0 Å². The smallest absolute Gasteiger partial charge is 0.126 e. The third-order valence-electron chi connectivity index (χ3n) is 1.87. The summed E-state index contributed by atoms with van der Waals surface area (Å²) in [7, 11) is 3.29. The Balaban J connectivity index is 3.07. The Morgan fingerprint density at radius 2 is 2.00 bits per heavy atom. The minimum absolute atomic E-state index is 0.869. The van der Waals surface area contributed by atoms with E-state index in [-0.39, 0.29) is 0 Å². The lowest BCUT2D eigenvalue weighted by Gasteiger charge is -2.06. The molecule has 1 aromatic carbocycles. The molecule has 0 atom stereocenters. The fraction of sp³-hybridized carbons (Fsp3) is 0.273. The van der Waals surface area contributed by atoms with Crippen molar-refractivity contribution < 1.29 is 9.47 Å². The Kier molecular flexibility index (Phi) is 3.38. The first-order valence-corrected chi connectivity index (χ1v) is 4.12. The van der Waals surface area contributed by atoms with E-state index in [1.54, 1.807) is 20.5 Å². The van der Waals surface area contributed by atoms with Crippen molar-refractivity contribution in [2.75, 3.05) is 14.2 Å². The van der Waals surface area contributed by atoms with Gasteiger partial charge < -0.3 is 9.47 Å². The molecule has 0 amide bonds. The molecule has 70 valence electrons. The standard InChI is InChI=1S/C11H14O2/c1-9-5-4-6-11(13-3)10(9)7-8-12-2/h4-8H,1-3H3/b8-7+. The molecule has 0 heterocycles. The van der Waals surface area contributed by atoms with Crippen molar-refractivity contribution in [2.45, 2.75) is 6.92 Å². The second-order valence-electron chi connectivity index (χ2n) is 2.73. The average Bonchev–Trinajstić information content (AvgIpc) is 2.15. The summed E-state index contributed by atoms with van der Waals surface area (Å²) in [6, 6.07) is 5.94. The van der Waals surface area contributed by atoms with Crippen LogP contribution in [0.15, 0.2) is 24.5 Å². The van der Waals surface area contributed by atoms with E-state index in [1.165, 1.54) is 5.56 Å². The van der Waals surface area contributed by atoms with Gasteiger partial charge in [-0.3, -0.25) is 0 Å². The molecule has 1 aromatic rings. The maximum Gasteiger partial charge on any atom is 0.126 e. The normalized spacial score (nSPS) is 10.4. The molecule has 0 aliphatic rings. The molecular formula is C11H14O2. The van der Waals surface area contributed by atoms with Gasteiger partial charge in [0.05, 0.1) is 20.5 Å². The van der Waals surface area contributed by atoms with Crippen molar-refractivity contribution in [1.82, 2.24) is 0 Å². The zero-order chi connectivity index (χ0) is 9.68. The molecule has 0 saturated heterocycles. The summed E-state index contributed by atoms with van der Waals surface area (Å²) in [5, 5.41) is 0. The summed E-state index contributed by atoms with van der Waals surface area (Å²) < 4.78 is 10.1. The number of rotatable bonds is 3. The van der Waals surface area contributed by atoms with Crippen molar-refractivity contribution in [3.8, 4) is 5.75 Å². The largest absolute Gasteiger partial charge is 0.504 e. The van der Waals surface area contributed by atoms with Gasteiger partial charge in [0, 0.05) is 5.56 Å². The lowest BCUT2D eigenvalue weighted by molar-refractivity contribution is 0.341. The van der Waals surface area contributed by atoms with Crippen molar-refractivity contribution in [2.24, 2.45) is 0 Å². The molecule has 0 aromatic heterocycles. The molecule has 0 spiro atoms. The van der Waals surface area contributed by atoms with Crippen LogP contribution in [0.3, 0.4) is 0 Å². The number of hydrogen-bond acceptors (Lipinski definition) is 2. The van der Waals surface area contributed by atoms with Gasteiger partial charge in [-0.15, -0.1) is 0 Å². The highest BCUT2D eigenvalue weighted by Crippen LogP contribution is 2.22. The van der Waals surface area contributed by atoms with E-state index in [9.17, 15) is 0 Å². The summed E-state index contributed by atoms with van der Waals surface area (Å²) in [6.45, 7) is 2.04. The molecule has 1 rings (SSSR count). The fourth-order valence-corrected chi connectivity index (χ4v) is 1.18. The maximum atomic E-state index is 5.22. The van der Waals surface area contributed by atoms with Crippen molar-refractivity contribution >= 4 is 6.08 Å². The summed E-state index contributed by atoms with van der Waals surface area (Å²) in [5.74, 6) is 0.869. The second-order valence-corrected chi connectivity index (χ2v) is 2.73. The lowest BCUT2D eigenvalue weighted by atomic mass is 10.1. The van der Waals surface area contributed by atoms with E-state index in [2.05, 4.69) is 0 Å². The van der Waals surface area contributed by atoms with Gasteiger partial charge in [-0.1, -0.05) is 12.1 Å². The van der Waals surface area contributed by atoms with E-state index in [0.717, 1.165) is 11.3 Å². The SMILES string of the molecule is CO/C=C/c1c(C)cccc1OC. The van der Waals surface area contributed by atoms with Crippen LogP contribution in [0.1, 0.15) is 11.1 Å². The van der Waals surface area contributed by atoms with Gasteiger partial charge in [0.25, 0.3) is 0 Å². The summed E-state index contributed by atoms with van der Waals surface area (Å²) in [6.07, 6.45) is 3.54. The van der Waals surface area contributed by atoms with Crippen LogP contribution in [0.5, 0.6) is 5.75 Å². The molecule has 2 nitrogen and oxygen atoms in total. The predicted octanol–water partition coefficient (Wildman–Crippen LogP) is 2.62. The van der Waals surface area contributed by atoms with Crippen LogP contribution in [0.2, 0.25) is 0 Å². The van der Waals surface area contributed by atoms with Crippen molar-refractivity contribution in [1.29, 1.82) is 0 Å². The van der Waals surface area contributed by atoms with E-state index in [1.807, 2.05) is 31.2 Å². The van der Waals surface area contributed by atoms with Crippen LogP contribution in [-0.2, 0) is 4.74 Å². The Hall–Kier alpha value is -1.44. The van der Waals surface area contributed by atoms with Crippen molar-refractivity contribution in [3.63, 3.8) is 0 Å². The molecule has 0 radical (unpaired) electrons. The van der Waals surface area contributed by atoms with Gasteiger partial charge in [0.2, 0.25) is 0 Å². The summed E-state index contributed by atoms with van der Waals surface area (Å²) in [4.78, 5) is 0. The number of ether oxygens (including phenoxy) is 2. The monoisotopic (exact) mass is 178 g/mol. The van der Waals surface area contributed by atoms with Gasteiger partial charge in [0.1, 0.15) is 5.75 Å². The Labute approximate surface area is 78.8 Å². The molecule has 0 aliphatic heterocycles. The quantitative estimate of drug-likeness (QED) is 0.662. The molecule has 0 N–H and O–H groups in total. The first-order valence-electron chi connectivity index (χ1n) is 4.12. The Morgan fingerprint density at radius 1 is 1.23 bits per heavy atom. The number of benzene rings is 1. The van der Waals surface area contributed by atoms with E-state index < -0.39 is 0 Å². The first-order chi connectivity index (χ1) is 6.29. The van der Waals surface area contributed by atoms with Gasteiger partial charge >= 0.3 is 0 Å². The van der Waals surface area contributed by atoms with E-state index in [4.69, 9.17) is 9.47 Å². The van der Waals surface area contributed by atoms with Crippen LogP contribution < -0.4 is 4.74 Å². The van der Waals surface area contributed by atoms with Gasteiger partial charge in [-0.2, -0.15) is 0 Å². The highest BCUT2D eigenvalue weighted by Gasteiger charge is 2.01. The van der Waals surface area contributed by atoms with Crippen LogP contribution in [0, 0.1) is 6.92 Å². The minimum atomic E-state index is 0.869. The Bertz CT molecular complexity index is 303. The zero-order valence-corrected chi connectivity index (χ0v) is 8.20. The third-order valence-corrected chi connectivity index (χ3v) is 1.87. The topological polar surface area (TPSA) is 18.5 Å². The van der Waals surface area contributed by atoms with Gasteiger partial charge in [0.15, 0.2) is 0 Å². The molecule has 2 heteroatoms. The minimum Gasteiger partial charge on any atom is -0.504 e. The summed E-state index contributed by atoms with van der Waals surface area (Å²) in [5.41, 5.74) is 2.24. The van der Waals surface area contributed by atoms with Gasteiger partial charge in [-0.25, -0.2) is 0 Å². The van der Waals surface area contributed by atoms with Crippen molar-refractivity contribution in [3.05, 3.63) is 35.6 Å². The van der Waals surface area contributed by atoms with E-state index >= 15 is 0 Å². The molecule has 0 unspecified atom stereocenters. The average molecular weight is 178 g/mol. The molecule has 0 bridgehead atoms. The zero-order valence-electron chi connectivity index (χ0n) is 8.20. The molecule has 0 saturated carbocycles. The summed E-state index contributed by atoms with van der Waals surface area (Å²) >= 11 is 0. The lowest BCUT2D eigenvalue weighted by Crippen LogP contribution is -1.89. The van der Waals surface area contributed by atoms with Crippen LogP contribution in [-0.4, -0.2) is 14.2 Å². The molecule has 0 fully saturated rings. The predicted molar refractivity (Wildman–Crippen MR) is 53.8 cm³/mol. The Morgan fingerprint density at radius 3 is 2.62 bits per heavy atom. The second kappa shape index (κ2) is 4.55. The number of aryl methyl sites for hydroxylation is 1. The number of hydrogen-bond donors (Lipinski definition) is 0. The molecule has 13 heavy (non-hydrogen) atoms. The molecular weight excluding hydrogens is 164 g/mol.